The van der Waals surface area contributed by atoms with Gasteiger partial charge in [0, 0.05) is 50.5 Å². The number of nitrogens with two attached hydrogens (primary N) is 1. The first-order chi connectivity index (χ1) is 10.3. The standard InChI is InChI=1S/C14H17F3N4O.ClH/c15-14(16,17)10-5-9-7-20(4-2-12(9)19-6-10)13(22)21-3-1-11(18)8-21;/h5-6,11H,1-4,7-8,18H2;1H. The van der Waals surface area contributed by atoms with E-state index in [-0.39, 0.29) is 31.0 Å². The summed E-state index contributed by atoms with van der Waals surface area (Å²) >= 11 is 0. The molecule has 1 saturated heterocycles. The highest BCUT2D eigenvalue weighted by molar-refractivity contribution is 5.85. The summed E-state index contributed by atoms with van der Waals surface area (Å²) in [5, 5.41) is 0. The van der Waals surface area contributed by atoms with Crippen LogP contribution in [0.1, 0.15) is 23.2 Å². The van der Waals surface area contributed by atoms with Crippen molar-refractivity contribution in [1.29, 1.82) is 0 Å². The molecule has 1 aromatic rings. The molecule has 128 valence electrons. The van der Waals surface area contributed by atoms with E-state index < -0.39 is 11.7 Å². The van der Waals surface area contributed by atoms with Gasteiger partial charge in [-0.3, -0.25) is 4.98 Å². The molecule has 0 radical (unpaired) electrons. The Morgan fingerprint density at radius 2 is 2.04 bits per heavy atom. The van der Waals surface area contributed by atoms with Gasteiger partial charge in [-0.25, -0.2) is 4.79 Å². The van der Waals surface area contributed by atoms with Gasteiger partial charge < -0.3 is 15.5 Å². The second-order valence-corrected chi connectivity index (χ2v) is 5.78. The largest absolute Gasteiger partial charge is 0.417 e. The SMILES string of the molecule is Cl.NC1CCN(C(=O)N2CCc3ncc(C(F)(F)F)cc3C2)C1. The lowest BCUT2D eigenvalue weighted by atomic mass is 10.0. The minimum Gasteiger partial charge on any atom is -0.326 e. The van der Waals surface area contributed by atoms with Crippen LogP contribution in [0.5, 0.6) is 0 Å². The number of alkyl halides is 3. The molecule has 2 N–H and O–H groups in total. The Hall–Kier alpha value is -1.54. The molecule has 0 aliphatic carbocycles. The maximum absolute atomic E-state index is 12.8. The molecule has 0 bridgehead atoms. The van der Waals surface area contributed by atoms with E-state index >= 15 is 0 Å². The highest BCUT2D eigenvalue weighted by Gasteiger charge is 2.34. The monoisotopic (exact) mass is 350 g/mol. The van der Waals surface area contributed by atoms with Crippen molar-refractivity contribution in [2.45, 2.75) is 31.6 Å². The maximum atomic E-state index is 12.8. The molecule has 9 heteroatoms. The second-order valence-electron chi connectivity index (χ2n) is 5.78. The molecule has 23 heavy (non-hydrogen) atoms. The first-order valence-corrected chi connectivity index (χ1v) is 7.19. The van der Waals surface area contributed by atoms with Crippen LogP contribution >= 0.6 is 12.4 Å². The van der Waals surface area contributed by atoms with Gasteiger partial charge in [0.2, 0.25) is 0 Å². The third-order valence-corrected chi connectivity index (χ3v) is 4.13. The summed E-state index contributed by atoms with van der Waals surface area (Å²) in [5.74, 6) is 0. The van der Waals surface area contributed by atoms with Gasteiger partial charge in [-0.2, -0.15) is 13.2 Å². The minimum absolute atomic E-state index is 0. The lowest BCUT2D eigenvalue weighted by Gasteiger charge is -2.32. The van der Waals surface area contributed by atoms with Crippen LogP contribution < -0.4 is 5.73 Å². The average Bonchev–Trinajstić information content (AvgIpc) is 2.91. The summed E-state index contributed by atoms with van der Waals surface area (Å²) in [6.07, 6.45) is -2.33. The van der Waals surface area contributed by atoms with Crippen molar-refractivity contribution in [2.75, 3.05) is 19.6 Å². The van der Waals surface area contributed by atoms with Gasteiger partial charge >= 0.3 is 12.2 Å². The topological polar surface area (TPSA) is 62.5 Å². The Labute approximate surface area is 138 Å². The van der Waals surface area contributed by atoms with Crippen molar-refractivity contribution in [2.24, 2.45) is 5.73 Å². The third kappa shape index (κ3) is 3.69. The molecule has 1 fully saturated rings. The zero-order valence-electron chi connectivity index (χ0n) is 12.3. The number of hydrogen-bond acceptors (Lipinski definition) is 3. The lowest BCUT2D eigenvalue weighted by molar-refractivity contribution is -0.137. The molecule has 1 atom stereocenters. The van der Waals surface area contributed by atoms with Crippen LogP contribution in [0.15, 0.2) is 12.3 Å². The molecular formula is C14H18ClF3N4O. The number of pyridine rings is 1. The van der Waals surface area contributed by atoms with Gasteiger partial charge in [-0.05, 0) is 18.1 Å². The van der Waals surface area contributed by atoms with Gasteiger partial charge in [-0.1, -0.05) is 0 Å². The first kappa shape index (κ1) is 17.8. The van der Waals surface area contributed by atoms with Crippen LogP contribution in [0.25, 0.3) is 0 Å². The number of halogens is 4. The average molecular weight is 351 g/mol. The van der Waals surface area contributed by atoms with E-state index in [0.717, 1.165) is 18.7 Å². The molecule has 2 aliphatic heterocycles. The first-order valence-electron chi connectivity index (χ1n) is 7.19. The number of fused-ring (bicyclic) bond motifs is 1. The minimum atomic E-state index is -4.42. The molecule has 0 spiro atoms. The number of rotatable bonds is 0. The van der Waals surface area contributed by atoms with Crippen LogP contribution in [-0.2, 0) is 19.1 Å². The van der Waals surface area contributed by atoms with Gasteiger partial charge in [-0.15, -0.1) is 12.4 Å². The smallest absolute Gasteiger partial charge is 0.326 e. The van der Waals surface area contributed by atoms with E-state index in [1.807, 2.05) is 0 Å². The van der Waals surface area contributed by atoms with Crippen molar-refractivity contribution in [3.8, 4) is 0 Å². The fraction of sp³-hybridized carbons (Fsp3) is 0.571. The summed E-state index contributed by atoms with van der Waals surface area (Å²) in [7, 11) is 0. The highest BCUT2D eigenvalue weighted by Crippen LogP contribution is 2.31. The number of likely N-dealkylation sites (tertiary alicyclic amines) is 1. The van der Waals surface area contributed by atoms with Crippen molar-refractivity contribution < 1.29 is 18.0 Å². The van der Waals surface area contributed by atoms with Crippen molar-refractivity contribution in [3.63, 3.8) is 0 Å². The molecule has 2 aliphatic rings. The Balaban J connectivity index is 0.00000192. The summed E-state index contributed by atoms with van der Waals surface area (Å²) in [5.41, 5.74) is 6.12. The van der Waals surface area contributed by atoms with E-state index in [0.29, 0.717) is 37.3 Å². The molecule has 1 unspecified atom stereocenters. The Morgan fingerprint density at radius 3 is 2.65 bits per heavy atom. The van der Waals surface area contributed by atoms with Crippen LogP contribution in [-0.4, -0.2) is 46.5 Å². The molecule has 3 heterocycles. The molecule has 5 nitrogen and oxygen atoms in total. The predicted octanol–water partition coefficient (Wildman–Crippen LogP) is 2.03. The van der Waals surface area contributed by atoms with Crippen molar-refractivity contribution >= 4 is 18.4 Å². The summed E-state index contributed by atoms with van der Waals surface area (Å²) in [4.78, 5) is 19.5. The van der Waals surface area contributed by atoms with Gasteiger partial charge in [0.1, 0.15) is 0 Å². The Morgan fingerprint density at radius 1 is 1.30 bits per heavy atom. The number of amides is 2. The normalized spacial score (nSPS) is 21.0. The number of hydrogen-bond donors (Lipinski definition) is 1. The van der Waals surface area contributed by atoms with Gasteiger partial charge in [0.25, 0.3) is 0 Å². The van der Waals surface area contributed by atoms with E-state index in [1.165, 1.54) is 0 Å². The van der Waals surface area contributed by atoms with E-state index in [1.54, 1.807) is 9.80 Å². The summed E-state index contributed by atoms with van der Waals surface area (Å²) in [6.45, 7) is 1.74. The van der Waals surface area contributed by atoms with E-state index in [2.05, 4.69) is 4.98 Å². The number of carbonyl (C=O) groups is 1. The number of aromatic nitrogens is 1. The van der Waals surface area contributed by atoms with Crippen molar-refractivity contribution in [3.05, 3.63) is 29.1 Å². The Kier molecular flexibility index (Phi) is 5.05. The number of carbonyl (C=O) groups excluding carboxylic acids is 1. The van der Waals surface area contributed by atoms with Crippen LogP contribution in [0.4, 0.5) is 18.0 Å². The van der Waals surface area contributed by atoms with Crippen LogP contribution in [0.2, 0.25) is 0 Å². The molecular weight excluding hydrogens is 333 g/mol. The quantitative estimate of drug-likeness (QED) is 0.778. The lowest BCUT2D eigenvalue weighted by Crippen LogP contribution is -2.45. The second kappa shape index (κ2) is 6.52. The zero-order valence-corrected chi connectivity index (χ0v) is 13.2. The molecule has 0 aromatic carbocycles. The van der Waals surface area contributed by atoms with E-state index in [9.17, 15) is 18.0 Å². The summed E-state index contributed by atoms with van der Waals surface area (Å²) in [6, 6.07) is 0.924. The summed E-state index contributed by atoms with van der Waals surface area (Å²) < 4.78 is 38.3. The van der Waals surface area contributed by atoms with Gasteiger partial charge in [0.15, 0.2) is 0 Å². The molecule has 2 amide bonds. The van der Waals surface area contributed by atoms with Crippen LogP contribution in [0, 0.1) is 0 Å². The van der Waals surface area contributed by atoms with Crippen molar-refractivity contribution in [1.82, 2.24) is 14.8 Å². The van der Waals surface area contributed by atoms with E-state index in [4.69, 9.17) is 5.73 Å². The fourth-order valence-electron chi connectivity index (χ4n) is 2.91. The number of urea groups is 1. The van der Waals surface area contributed by atoms with Crippen LogP contribution in [0.3, 0.4) is 0 Å². The number of nitrogens with zero attached hydrogens (tertiary/aromatic N) is 3. The third-order valence-electron chi connectivity index (χ3n) is 4.13. The molecule has 3 rings (SSSR count). The molecule has 1 aromatic heterocycles. The van der Waals surface area contributed by atoms with Gasteiger partial charge in [0.05, 0.1) is 5.56 Å². The molecule has 0 saturated carbocycles. The fourth-order valence-corrected chi connectivity index (χ4v) is 2.91. The highest BCUT2D eigenvalue weighted by atomic mass is 35.5. The zero-order chi connectivity index (χ0) is 15.9. The Bertz CT molecular complexity index is 596. The predicted molar refractivity (Wildman–Crippen MR) is 80.2 cm³/mol. The maximum Gasteiger partial charge on any atom is 0.417 e.